The lowest BCUT2D eigenvalue weighted by atomic mass is 9.87. The number of pyridine rings is 1. The minimum absolute atomic E-state index is 0.0121. The van der Waals surface area contributed by atoms with Gasteiger partial charge in [0.25, 0.3) is 0 Å². The number of halogens is 3. The summed E-state index contributed by atoms with van der Waals surface area (Å²) >= 11 is 0. The van der Waals surface area contributed by atoms with E-state index in [-0.39, 0.29) is 24.1 Å². The molecule has 4 rings (SSSR count). The van der Waals surface area contributed by atoms with Crippen molar-refractivity contribution in [3.8, 4) is 0 Å². The van der Waals surface area contributed by atoms with Gasteiger partial charge in [0.1, 0.15) is 12.0 Å². The first-order valence-corrected chi connectivity index (χ1v) is 11.5. The fourth-order valence-electron chi connectivity index (χ4n) is 4.48. The molecule has 0 aliphatic heterocycles. The van der Waals surface area contributed by atoms with Crippen molar-refractivity contribution in [2.45, 2.75) is 63.8 Å². The Balaban J connectivity index is 1.59. The number of nitrogens with zero attached hydrogens (tertiary/aromatic N) is 3. The molecule has 1 aromatic carbocycles. The first-order chi connectivity index (χ1) is 16.4. The normalized spacial score (nSPS) is 19.0. The van der Waals surface area contributed by atoms with E-state index in [4.69, 9.17) is 0 Å². The van der Waals surface area contributed by atoms with Crippen LogP contribution in [0.15, 0.2) is 36.5 Å². The Morgan fingerprint density at radius 1 is 1.20 bits per heavy atom. The van der Waals surface area contributed by atoms with Crippen molar-refractivity contribution in [2.24, 2.45) is 5.92 Å². The number of rotatable bonds is 6. The van der Waals surface area contributed by atoms with Gasteiger partial charge in [-0.2, -0.15) is 18.3 Å². The number of carbonyl (C=O) groups excluding carboxylic acids is 2. The van der Waals surface area contributed by atoms with Crippen LogP contribution < -0.4 is 5.32 Å². The number of benzene rings is 1. The summed E-state index contributed by atoms with van der Waals surface area (Å²) in [6.45, 7) is 3.16. The lowest BCUT2D eigenvalue weighted by Gasteiger charge is -2.25. The second-order valence-corrected chi connectivity index (χ2v) is 9.57. The molecule has 2 N–H and O–H groups in total. The Kier molecular flexibility index (Phi) is 6.68. The molecule has 2 heterocycles. The summed E-state index contributed by atoms with van der Waals surface area (Å²) in [5.74, 6) is -0.465. The summed E-state index contributed by atoms with van der Waals surface area (Å²) in [6, 6.07) is 7.00. The Morgan fingerprint density at radius 2 is 1.91 bits per heavy atom. The van der Waals surface area contributed by atoms with E-state index in [9.17, 15) is 27.9 Å². The third-order valence-electron chi connectivity index (χ3n) is 6.34. The number of alkyl halides is 3. The summed E-state index contributed by atoms with van der Waals surface area (Å²) in [5.41, 5.74) is -0.941. The van der Waals surface area contributed by atoms with Gasteiger partial charge in [-0.15, -0.1) is 0 Å². The van der Waals surface area contributed by atoms with Crippen molar-refractivity contribution in [1.29, 1.82) is 0 Å². The third-order valence-corrected chi connectivity index (χ3v) is 6.34. The molecule has 1 aliphatic carbocycles. The number of hydrogen-bond acceptors (Lipinski definition) is 5. The highest BCUT2D eigenvalue weighted by Gasteiger charge is 2.32. The average molecular weight is 489 g/mol. The van der Waals surface area contributed by atoms with Gasteiger partial charge in [-0.1, -0.05) is 6.07 Å². The smallest absolute Gasteiger partial charge is 0.386 e. The van der Waals surface area contributed by atoms with Crippen LogP contribution in [-0.4, -0.2) is 32.1 Å². The van der Waals surface area contributed by atoms with Gasteiger partial charge in [-0.05, 0) is 63.8 Å². The van der Waals surface area contributed by atoms with Crippen LogP contribution in [0.4, 0.5) is 18.9 Å². The summed E-state index contributed by atoms with van der Waals surface area (Å²) in [5, 5.41) is 18.9. The molecule has 0 unspecified atom stereocenters. The van der Waals surface area contributed by atoms with Crippen LogP contribution in [0.5, 0.6) is 0 Å². The number of amides is 1. The molecule has 3 aromatic rings. The second-order valence-electron chi connectivity index (χ2n) is 9.57. The van der Waals surface area contributed by atoms with Crippen molar-refractivity contribution in [2.75, 3.05) is 5.32 Å². The number of nitrogens with one attached hydrogen (secondary N) is 1. The van der Waals surface area contributed by atoms with Crippen molar-refractivity contribution in [3.63, 3.8) is 0 Å². The van der Waals surface area contributed by atoms with E-state index in [1.807, 2.05) is 10.9 Å². The molecule has 2 aromatic heterocycles. The predicted octanol–water partition coefficient (Wildman–Crippen LogP) is 4.79. The number of aliphatic hydroxyl groups is 1. The van der Waals surface area contributed by atoms with E-state index in [1.165, 1.54) is 12.1 Å². The number of fused-ring (bicyclic) bond motifs is 1. The van der Waals surface area contributed by atoms with E-state index in [0.29, 0.717) is 16.8 Å². The highest BCUT2D eigenvalue weighted by Crippen LogP contribution is 2.35. The molecule has 1 fully saturated rings. The second kappa shape index (κ2) is 9.41. The molecule has 10 heteroatoms. The van der Waals surface area contributed by atoms with Gasteiger partial charge in [-0.3, -0.25) is 9.48 Å². The van der Waals surface area contributed by atoms with Crippen molar-refractivity contribution < 1.29 is 27.9 Å². The predicted molar refractivity (Wildman–Crippen MR) is 124 cm³/mol. The number of aromatic nitrogens is 3. The lowest BCUT2D eigenvalue weighted by molar-refractivity contribution is -0.141. The molecule has 186 valence electrons. The molecular formula is C25H27F3N4O3. The van der Waals surface area contributed by atoms with Gasteiger partial charge in [0, 0.05) is 28.8 Å². The van der Waals surface area contributed by atoms with Crippen molar-refractivity contribution in [1.82, 2.24) is 14.8 Å². The van der Waals surface area contributed by atoms with E-state index in [1.54, 1.807) is 26.0 Å². The maximum Gasteiger partial charge on any atom is 0.433 e. The molecule has 0 radical (unpaired) electrons. The molecule has 1 saturated carbocycles. The van der Waals surface area contributed by atoms with Crippen LogP contribution >= 0.6 is 0 Å². The minimum Gasteiger partial charge on any atom is -0.386 e. The monoisotopic (exact) mass is 488 g/mol. The lowest BCUT2D eigenvalue weighted by Crippen LogP contribution is -2.22. The first-order valence-electron chi connectivity index (χ1n) is 11.5. The number of aldehydes is 1. The molecule has 0 spiro atoms. The quantitative estimate of drug-likeness (QED) is 0.487. The molecule has 0 saturated heterocycles. The van der Waals surface area contributed by atoms with Crippen LogP contribution in [0.25, 0.3) is 10.9 Å². The summed E-state index contributed by atoms with van der Waals surface area (Å²) < 4.78 is 40.7. The fourth-order valence-corrected chi connectivity index (χ4v) is 4.48. The summed E-state index contributed by atoms with van der Waals surface area (Å²) in [4.78, 5) is 27.3. The fraction of sp³-hybridized carbons (Fsp3) is 0.440. The van der Waals surface area contributed by atoms with Gasteiger partial charge in [0.05, 0.1) is 29.3 Å². The Labute approximate surface area is 200 Å². The molecule has 7 nitrogen and oxygen atoms in total. The van der Waals surface area contributed by atoms with Crippen LogP contribution in [0.1, 0.15) is 62.5 Å². The SMILES string of the molecule is CC(C)(O)c1cc2nn(C3CCC(C=O)CC3)cc2cc1NC(=O)Cc1cccc(C(F)(F)F)n1. The summed E-state index contributed by atoms with van der Waals surface area (Å²) in [7, 11) is 0. The van der Waals surface area contributed by atoms with Crippen molar-refractivity contribution >= 4 is 28.8 Å². The van der Waals surface area contributed by atoms with E-state index in [2.05, 4.69) is 15.4 Å². The van der Waals surface area contributed by atoms with Crippen LogP contribution in [-0.2, 0) is 27.8 Å². The molecule has 1 aliphatic rings. The highest BCUT2D eigenvalue weighted by atomic mass is 19.4. The molecule has 0 atom stereocenters. The Morgan fingerprint density at radius 3 is 2.54 bits per heavy atom. The van der Waals surface area contributed by atoms with Crippen molar-refractivity contribution in [3.05, 3.63) is 53.5 Å². The zero-order chi connectivity index (χ0) is 25.4. The number of carbonyl (C=O) groups is 2. The van der Waals surface area contributed by atoms with Gasteiger partial charge < -0.3 is 15.2 Å². The molecule has 35 heavy (non-hydrogen) atoms. The Bertz CT molecular complexity index is 1240. The number of hydrogen-bond donors (Lipinski definition) is 2. The summed E-state index contributed by atoms with van der Waals surface area (Å²) in [6.07, 6.45) is 1.22. The van der Waals surface area contributed by atoms with Gasteiger partial charge >= 0.3 is 6.18 Å². The topological polar surface area (TPSA) is 97.1 Å². The molecular weight excluding hydrogens is 461 g/mol. The van der Waals surface area contributed by atoms with E-state index < -0.39 is 23.4 Å². The standard InChI is InChI=1S/C25H27F3N4O3/c1-24(2,35)19-12-20-16(13-32(31-20)18-8-6-15(14-33)7-9-18)10-21(19)30-23(34)11-17-4-3-5-22(29-17)25(26,27)28/h3-5,10,12-15,18,35H,6-9,11H2,1-2H3,(H,30,34). The van der Waals surface area contributed by atoms with Crippen LogP contribution in [0, 0.1) is 5.92 Å². The zero-order valence-electron chi connectivity index (χ0n) is 19.5. The number of anilines is 1. The van der Waals surface area contributed by atoms with Gasteiger partial charge in [-0.25, -0.2) is 4.98 Å². The maximum absolute atomic E-state index is 12.9. The highest BCUT2D eigenvalue weighted by molar-refractivity contribution is 5.96. The van der Waals surface area contributed by atoms with Gasteiger partial charge in [0.15, 0.2) is 0 Å². The van der Waals surface area contributed by atoms with Gasteiger partial charge in [0.2, 0.25) is 5.91 Å². The average Bonchev–Trinajstić information content (AvgIpc) is 3.20. The molecule has 1 amide bonds. The van der Waals surface area contributed by atoms with E-state index >= 15 is 0 Å². The molecule has 0 bridgehead atoms. The third kappa shape index (κ3) is 5.70. The minimum atomic E-state index is -4.60. The zero-order valence-corrected chi connectivity index (χ0v) is 19.5. The maximum atomic E-state index is 12.9. The largest absolute Gasteiger partial charge is 0.433 e. The Hall–Kier alpha value is -3.27. The van der Waals surface area contributed by atoms with Crippen LogP contribution in [0.2, 0.25) is 0 Å². The first kappa shape index (κ1) is 24.8. The van der Waals surface area contributed by atoms with E-state index in [0.717, 1.165) is 43.4 Å². The van der Waals surface area contributed by atoms with Crippen LogP contribution in [0.3, 0.4) is 0 Å².